The second-order valence-corrected chi connectivity index (χ2v) is 10.6. The summed E-state index contributed by atoms with van der Waals surface area (Å²) in [6, 6.07) is 5.79. The zero-order valence-electron chi connectivity index (χ0n) is 20.3. The summed E-state index contributed by atoms with van der Waals surface area (Å²) in [4.78, 5) is 9.18. The predicted molar refractivity (Wildman–Crippen MR) is 143 cm³/mol. The van der Waals surface area contributed by atoms with Gasteiger partial charge in [-0.25, -0.2) is 9.37 Å². The largest absolute Gasteiger partial charge is 0.381 e. The molecule has 4 heterocycles. The van der Waals surface area contributed by atoms with Gasteiger partial charge in [-0.2, -0.15) is 0 Å². The molecule has 0 bridgehead atoms. The lowest BCUT2D eigenvalue weighted by Crippen LogP contribution is -2.43. The van der Waals surface area contributed by atoms with E-state index in [1.165, 1.54) is 38.2 Å². The Labute approximate surface area is 219 Å². The zero-order valence-corrected chi connectivity index (χ0v) is 21.0. The Kier molecular flexibility index (Phi) is 9.94. The van der Waals surface area contributed by atoms with Gasteiger partial charge in [0.2, 0.25) is 0 Å². The van der Waals surface area contributed by atoms with Gasteiger partial charge in [-0.15, -0.1) is 0 Å². The van der Waals surface area contributed by atoms with Gasteiger partial charge < -0.3 is 20.1 Å². The van der Waals surface area contributed by atoms with Crippen molar-refractivity contribution in [1.29, 1.82) is 0 Å². The van der Waals surface area contributed by atoms with Crippen molar-refractivity contribution < 1.29 is 13.9 Å². The fourth-order valence-corrected chi connectivity index (χ4v) is 5.51. The summed E-state index contributed by atoms with van der Waals surface area (Å²) < 4.78 is 25.4. The smallest absolute Gasteiger partial charge is 0.165 e. The van der Waals surface area contributed by atoms with Gasteiger partial charge >= 0.3 is 0 Å². The Morgan fingerprint density at radius 1 is 0.972 bits per heavy atom. The summed E-state index contributed by atoms with van der Waals surface area (Å²) in [5.41, 5.74) is 2.49. The summed E-state index contributed by atoms with van der Waals surface area (Å²) in [5.74, 6) is 1.02. The van der Waals surface area contributed by atoms with Crippen LogP contribution in [0.15, 0.2) is 24.4 Å². The van der Waals surface area contributed by atoms with Crippen LogP contribution in [0.1, 0.15) is 58.1 Å². The van der Waals surface area contributed by atoms with E-state index in [-0.39, 0.29) is 19.1 Å². The molecule has 3 aliphatic rings. The first-order valence-electron chi connectivity index (χ1n) is 13.1. The summed E-state index contributed by atoms with van der Waals surface area (Å²) in [7, 11) is 0. The highest BCUT2D eigenvalue weighted by Crippen LogP contribution is 2.32. The van der Waals surface area contributed by atoms with Crippen molar-refractivity contribution >= 4 is 17.4 Å². The summed E-state index contributed by atoms with van der Waals surface area (Å²) >= 11 is 6.51. The Morgan fingerprint density at radius 2 is 1.75 bits per heavy atom. The molecule has 2 saturated heterocycles. The Bertz CT molecular complexity index is 976. The van der Waals surface area contributed by atoms with Crippen LogP contribution in [0.4, 0.5) is 10.2 Å². The SMILES string of the molecule is C.Fc1ccc(-c2cc(CC3CCC(NCC4CCO4)CC3)ncc2Cl)nc1NCC1CCOCC1. The second-order valence-electron chi connectivity index (χ2n) is 10.2. The number of anilines is 1. The predicted octanol–water partition coefficient (Wildman–Crippen LogP) is 5.89. The van der Waals surface area contributed by atoms with E-state index < -0.39 is 0 Å². The fraction of sp³-hybridized carbons (Fsp3) is 0.643. The van der Waals surface area contributed by atoms with E-state index >= 15 is 0 Å². The molecule has 1 unspecified atom stereocenters. The lowest BCUT2D eigenvalue weighted by molar-refractivity contribution is -0.0501. The minimum Gasteiger partial charge on any atom is -0.381 e. The molecule has 0 spiro atoms. The molecule has 0 amide bonds. The van der Waals surface area contributed by atoms with Crippen LogP contribution in [0.2, 0.25) is 5.02 Å². The number of ether oxygens (including phenoxy) is 2. The maximum absolute atomic E-state index is 14.5. The minimum absolute atomic E-state index is 0. The Morgan fingerprint density at radius 3 is 2.47 bits per heavy atom. The van der Waals surface area contributed by atoms with E-state index in [9.17, 15) is 4.39 Å². The van der Waals surface area contributed by atoms with Gasteiger partial charge in [0.15, 0.2) is 11.6 Å². The maximum atomic E-state index is 14.5. The molecule has 6 nitrogen and oxygen atoms in total. The second kappa shape index (κ2) is 13.1. The lowest BCUT2D eigenvalue weighted by atomic mass is 9.83. The van der Waals surface area contributed by atoms with Gasteiger partial charge in [-0.3, -0.25) is 4.98 Å². The first-order chi connectivity index (χ1) is 17.1. The normalized spacial score (nSPS) is 24.6. The van der Waals surface area contributed by atoms with Crippen LogP contribution in [0.25, 0.3) is 11.3 Å². The average Bonchev–Trinajstić information content (AvgIpc) is 2.85. The minimum atomic E-state index is -0.347. The molecule has 5 rings (SSSR count). The van der Waals surface area contributed by atoms with Crippen molar-refractivity contribution in [2.24, 2.45) is 11.8 Å². The molecule has 36 heavy (non-hydrogen) atoms. The molecule has 0 aromatic carbocycles. The number of halogens is 2. The third-order valence-electron chi connectivity index (χ3n) is 7.71. The Balaban J connectivity index is 0.00000304. The average molecular weight is 519 g/mol. The first kappa shape index (κ1) is 27.2. The topological polar surface area (TPSA) is 68.3 Å². The van der Waals surface area contributed by atoms with Crippen LogP contribution in [0, 0.1) is 17.7 Å². The van der Waals surface area contributed by atoms with Gasteiger partial charge in [0, 0.05) is 56.4 Å². The number of nitrogens with zero attached hydrogens (tertiary/aromatic N) is 2. The first-order valence-corrected chi connectivity index (χ1v) is 13.5. The number of hydrogen-bond donors (Lipinski definition) is 2. The third-order valence-corrected chi connectivity index (χ3v) is 8.01. The van der Waals surface area contributed by atoms with Crippen molar-refractivity contribution in [2.75, 3.05) is 38.2 Å². The molecule has 2 aromatic heterocycles. The maximum Gasteiger partial charge on any atom is 0.165 e. The van der Waals surface area contributed by atoms with Gasteiger partial charge in [-0.1, -0.05) is 19.0 Å². The molecule has 2 aromatic rings. The van der Waals surface area contributed by atoms with Gasteiger partial charge in [0.1, 0.15) is 0 Å². The van der Waals surface area contributed by atoms with Gasteiger partial charge in [0.25, 0.3) is 0 Å². The zero-order chi connectivity index (χ0) is 24.0. The molecule has 3 fully saturated rings. The van der Waals surface area contributed by atoms with E-state index in [0.717, 1.165) is 56.9 Å². The van der Waals surface area contributed by atoms with E-state index in [2.05, 4.69) is 20.6 Å². The van der Waals surface area contributed by atoms with Crippen LogP contribution >= 0.6 is 11.6 Å². The highest BCUT2D eigenvalue weighted by molar-refractivity contribution is 6.33. The van der Waals surface area contributed by atoms with Crippen molar-refractivity contribution in [2.45, 2.75) is 70.9 Å². The number of nitrogens with one attached hydrogen (secondary N) is 2. The van der Waals surface area contributed by atoms with Crippen LogP contribution in [-0.2, 0) is 15.9 Å². The van der Waals surface area contributed by atoms with E-state index in [4.69, 9.17) is 21.1 Å². The highest BCUT2D eigenvalue weighted by atomic mass is 35.5. The molecule has 1 saturated carbocycles. The quantitative estimate of drug-likeness (QED) is 0.431. The molecule has 1 aliphatic carbocycles. The molecule has 1 atom stereocenters. The van der Waals surface area contributed by atoms with E-state index in [1.54, 1.807) is 12.3 Å². The van der Waals surface area contributed by atoms with E-state index in [1.807, 2.05) is 6.07 Å². The molecule has 0 radical (unpaired) electrons. The highest BCUT2D eigenvalue weighted by Gasteiger charge is 2.24. The standard InChI is InChI=1S/C27H36ClFN4O2.CH4/c28-24-17-31-21(13-18-1-3-20(4-2-18)30-16-22-9-12-35-22)14-23(24)26-6-5-25(29)27(33-26)32-15-19-7-10-34-11-8-19;/h5-6,14,17-20,22,30H,1-4,7-13,15-16H2,(H,32,33);1H4. The van der Waals surface area contributed by atoms with Crippen molar-refractivity contribution in [3.05, 3.63) is 40.9 Å². The van der Waals surface area contributed by atoms with Crippen LogP contribution in [-0.4, -0.2) is 55.0 Å². The van der Waals surface area contributed by atoms with Crippen LogP contribution in [0.5, 0.6) is 0 Å². The van der Waals surface area contributed by atoms with Gasteiger partial charge in [-0.05, 0) is 81.4 Å². The molecule has 198 valence electrons. The summed E-state index contributed by atoms with van der Waals surface area (Å²) in [5, 5.41) is 7.42. The number of hydrogen-bond acceptors (Lipinski definition) is 6. The van der Waals surface area contributed by atoms with Crippen molar-refractivity contribution in [3.63, 3.8) is 0 Å². The molecule has 2 N–H and O–H groups in total. The third kappa shape index (κ3) is 7.15. The van der Waals surface area contributed by atoms with Crippen molar-refractivity contribution in [3.8, 4) is 11.3 Å². The molecule has 8 heteroatoms. The number of aromatic nitrogens is 2. The molecular weight excluding hydrogens is 479 g/mol. The summed E-state index contributed by atoms with van der Waals surface area (Å²) in [6.45, 7) is 4.12. The number of pyridine rings is 2. The van der Waals surface area contributed by atoms with Crippen LogP contribution in [0.3, 0.4) is 0 Å². The monoisotopic (exact) mass is 518 g/mol. The Hall–Kier alpha value is -1.80. The van der Waals surface area contributed by atoms with Crippen molar-refractivity contribution in [1.82, 2.24) is 15.3 Å². The summed E-state index contributed by atoms with van der Waals surface area (Å²) in [6.07, 6.45) is 11.0. The molecule has 2 aliphatic heterocycles. The molecular formula is C28H40ClFN4O2. The van der Waals surface area contributed by atoms with Gasteiger partial charge in [0.05, 0.1) is 16.8 Å². The number of rotatable bonds is 9. The van der Waals surface area contributed by atoms with Crippen LogP contribution < -0.4 is 10.6 Å². The lowest BCUT2D eigenvalue weighted by Gasteiger charge is -2.32. The fourth-order valence-electron chi connectivity index (χ4n) is 5.31. The van der Waals surface area contributed by atoms with E-state index in [0.29, 0.717) is 41.2 Å².